The summed E-state index contributed by atoms with van der Waals surface area (Å²) < 4.78 is 26.9. The number of carboxylic acid groups (broad SMARTS) is 1. The molecule has 1 aliphatic rings. The van der Waals surface area contributed by atoms with Crippen molar-refractivity contribution in [1.29, 1.82) is 0 Å². The molecule has 0 fully saturated rings. The lowest BCUT2D eigenvalue weighted by atomic mass is 9.89. The maximum atomic E-state index is 13.4. The molecule has 0 unspecified atom stereocenters. The zero-order valence-corrected chi connectivity index (χ0v) is 14.5. The van der Waals surface area contributed by atoms with E-state index in [0.717, 1.165) is 34.4 Å². The molecule has 4 rings (SSSR count). The van der Waals surface area contributed by atoms with E-state index in [1.165, 1.54) is 0 Å². The van der Waals surface area contributed by atoms with Crippen LogP contribution in [0.5, 0.6) is 0 Å². The average molecular weight is 379 g/mol. The van der Waals surface area contributed by atoms with Crippen LogP contribution in [0.4, 0.5) is 8.78 Å². The summed E-state index contributed by atoms with van der Waals surface area (Å²) in [6.45, 7) is 0. The summed E-state index contributed by atoms with van der Waals surface area (Å²) in [4.78, 5) is 24.6. The third-order valence-corrected chi connectivity index (χ3v) is 4.89. The minimum atomic E-state index is -1.30. The molecular formula is C22H15F2NO3. The molecule has 1 amide bonds. The number of aliphatic carboxylic acids is 1. The number of carbonyl (C=O) groups excluding carboxylic acids is 1. The SMILES string of the molecule is O=C(N[C@@H](C(=O)O)C1c2ccccc2-c2ccccc21)c1cc(F)cc(F)c1. The third kappa shape index (κ3) is 3.03. The lowest BCUT2D eigenvalue weighted by Crippen LogP contribution is -2.45. The highest BCUT2D eigenvalue weighted by Gasteiger charge is 2.39. The summed E-state index contributed by atoms with van der Waals surface area (Å²) in [6, 6.07) is 15.9. The molecule has 3 aromatic rings. The summed E-state index contributed by atoms with van der Waals surface area (Å²) in [6.07, 6.45) is 0. The number of rotatable bonds is 4. The van der Waals surface area contributed by atoms with Crippen LogP contribution in [0.15, 0.2) is 66.7 Å². The summed E-state index contributed by atoms with van der Waals surface area (Å²) in [7, 11) is 0. The molecule has 28 heavy (non-hydrogen) atoms. The van der Waals surface area contributed by atoms with Crippen molar-refractivity contribution in [3.63, 3.8) is 0 Å². The van der Waals surface area contributed by atoms with Crippen molar-refractivity contribution >= 4 is 11.9 Å². The van der Waals surface area contributed by atoms with E-state index >= 15 is 0 Å². The van der Waals surface area contributed by atoms with Gasteiger partial charge in [0, 0.05) is 17.5 Å². The van der Waals surface area contributed by atoms with Gasteiger partial charge >= 0.3 is 5.97 Å². The van der Waals surface area contributed by atoms with Crippen LogP contribution < -0.4 is 5.32 Å². The minimum Gasteiger partial charge on any atom is -0.480 e. The molecule has 6 heteroatoms. The topological polar surface area (TPSA) is 66.4 Å². The normalized spacial score (nSPS) is 13.5. The molecule has 140 valence electrons. The van der Waals surface area contributed by atoms with E-state index in [0.29, 0.717) is 6.07 Å². The van der Waals surface area contributed by atoms with Gasteiger partial charge in [0.15, 0.2) is 0 Å². The Bertz CT molecular complexity index is 1030. The largest absolute Gasteiger partial charge is 0.480 e. The number of benzene rings is 3. The Morgan fingerprint density at radius 2 is 1.36 bits per heavy atom. The van der Waals surface area contributed by atoms with E-state index in [9.17, 15) is 23.5 Å². The van der Waals surface area contributed by atoms with Crippen molar-refractivity contribution < 1.29 is 23.5 Å². The van der Waals surface area contributed by atoms with Crippen molar-refractivity contribution in [2.45, 2.75) is 12.0 Å². The second kappa shape index (κ2) is 6.88. The number of hydrogen-bond acceptors (Lipinski definition) is 2. The highest BCUT2D eigenvalue weighted by molar-refractivity contribution is 5.97. The van der Waals surface area contributed by atoms with Crippen LogP contribution in [-0.4, -0.2) is 23.0 Å². The van der Waals surface area contributed by atoms with Crippen molar-refractivity contribution in [2.75, 3.05) is 0 Å². The number of fused-ring (bicyclic) bond motifs is 3. The average Bonchev–Trinajstić information content (AvgIpc) is 2.99. The maximum Gasteiger partial charge on any atom is 0.327 e. The molecule has 4 nitrogen and oxygen atoms in total. The van der Waals surface area contributed by atoms with Gasteiger partial charge in [0.1, 0.15) is 17.7 Å². The molecular weight excluding hydrogens is 364 g/mol. The van der Waals surface area contributed by atoms with Crippen molar-refractivity contribution in [2.24, 2.45) is 0 Å². The smallest absolute Gasteiger partial charge is 0.327 e. The Hall–Kier alpha value is -3.54. The van der Waals surface area contributed by atoms with Crippen LogP contribution in [0.1, 0.15) is 27.4 Å². The molecule has 0 bridgehead atoms. The van der Waals surface area contributed by atoms with Crippen LogP contribution >= 0.6 is 0 Å². The van der Waals surface area contributed by atoms with Crippen molar-refractivity contribution in [3.05, 3.63) is 95.1 Å². The van der Waals surface area contributed by atoms with Gasteiger partial charge in [-0.1, -0.05) is 48.5 Å². The second-order valence-corrected chi connectivity index (χ2v) is 6.60. The fourth-order valence-electron chi connectivity index (χ4n) is 3.75. The summed E-state index contributed by atoms with van der Waals surface area (Å²) >= 11 is 0. The first-order chi connectivity index (χ1) is 13.5. The molecule has 3 aromatic carbocycles. The van der Waals surface area contributed by atoms with Crippen molar-refractivity contribution in [3.8, 4) is 11.1 Å². The molecule has 0 spiro atoms. The van der Waals surface area contributed by atoms with Gasteiger partial charge in [-0.25, -0.2) is 13.6 Å². The first-order valence-corrected chi connectivity index (χ1v) is 8.63. The van der Waals surface area contributed by atoms with Gasteiger partial charge in [-0.15, -0.1) is 0 Å². The van der Waals surface area contributed by atoms with Crippen LogP contribution in [0.2, 0.25) is 0 Å². The monoisotopic (exact) mass is 379 g/mol. The summed E-state index contributed by atoms with van der Waals surface area (Å²) in [5, 5.41) is 12.3. The molecule has 2 N–H and O–H groups in total. The van der Waals surface area contributed by atoms with Gasteiger partial charge in [-0.05, 0) is 34.4 Å². The Morgan fingerprint density at radius 1 is 0.857 bits per heavy atom. The second-order valence-electron chi connectivity index (χ2n) is 6.60. The minimum absolute atomic E-state index is 0.275. The lowest BCUT2D eigenvalue weighted by molar-refractivity contribution is -0.139. The predicted molar refractivity (Wildman–Crippen MR) is 99.0 cm³/mol. The standard InChI is InChI=1S/C22H15F2NO3/c23-13-9-12(10-14(24)11-13)21(26)25-20(22(27)28)19-17-7-3-1-5-15(17)16-6-2-4-8-18(16)19/h1-11,19-20H,(H,25,26)(H,27,28)/t20-/m1/s1. The van der Waals surface area contributed by atoms with E-state index < -0.39 is 35.5 Å². The molecule has 0 heterocycles. The quantitative estimate of drug-likeness (QED) is 0.721. The Morgan fingerprint density at radius 3 is 1.86 bits per heavy atom. The zero-order chi connectivity index (χ0) is 19.8. The van der Waals surface area contributed by atoms with Gasteiger partial charge < -0.3 is 10.4 Å². The molecule has 0 aliphatic heterocycles. The highest BCUT2D eigenvalue weighted by atomic mass is 19.1. The van der Waals surface area contributed by atoms with E-state index in [4.69, 9.17) is 0 Å². The number of amides is 1. The zero-order valence-electron chi connectivity index (χ0n) is 14.5. The highest BCUT2D eigenvalue weighted by Crippen LogP contribution is 2.46. The van der Waals surface area contributed by atoms with Crippen LogP contribution in [0.3, 0.4) is 0 Å². The molecule has 1 atom stereocenters. The van der Waals surface area contributed by atoms with E-state index in [1.54, 1.807) is 12.1 Å². The van der Waals surface area contributed by atoms with Gasteiger partial charge in [-0.2, -0.15) is 0 Å². The van der Waals surface area contributed by atoms with E-state index in [1.807, 2.05) is 36.4 Å². The number of carbonyl (C=O) groups is 2. The van der Waals surface area contributed by atoms with Gasteiger partial charge in [0.2, 0.25) is 0 Å². The summed E-state index contributed by atoms with van der Waals surface area (Å²) in [5.41, 5.74) is 3.09. The Kier molecular flexibility index (Phi) is 4.39. The molecule has 0 radical (unpaired) electrons. The fraction of sp³-hybridized carbons (Fsp3) is 0.0909. The maximum absolute atomic E-state index is 13.4. The van der Waals surface area contributed by atoms with Gasteiger partial charge in [-0.3, -0.25) is 4.79 Å². The van der Waals surface area contributed by atoms with Gasteiger partial charge in [0.25, 0.3) is 5.91 Å². The Balaban J connectivity index is 1.75. The fourth-order valence-corrected chi connectivity index (χ4v) is 3.75. The third-order valence-electron chi connectivity index (χ3n) is 4.89. The molecule has 1 aliphatic carbocycles. The molecule has 0 saturated carbocycles. The van der Waals surface area contributed by atoms with Crippen molar-refractivity contribution in [1.82, 2.24) is 5.32 Å². The predicted octanol–water partition coefficient (Wildman–Crippen LogP) is 3.96. The lowest BCUT2D eigenvalue weighted by Gasteiger charge is -2.23. The first kappa shape index (κ1) is 17.9. The number of carboxylic acids is 1. The Labute approximate surface area is 159 Å². The van der Waals surface area contributed by atoms with E-state index in [-0.39, 0.29) is 5.56 Å². The van der Waals surface area contributed by atoms with Crippen LogP contribution in [-0.2, 0) is 4.79 Å². The molecule has 0 aromatic heterocycles. The summed E-state index contributed by atoms with van der Waals surface area (Å²) in [5.74, 6) is -4.52. The van der Waals surface area contributed by atoms with Crippen LogP contribution in [0, 0.1) is 11.6 Å². The first-order valence-electron chi connectivity index (χ1n) is 8.63. The molecule has 0 saturated heterocycles. The number of hydrogen-bond donors (Lipinski definition) is 2. The van der Waals surface area contributed by atoms with Crippen LogP contribution in [0.25, 0.3) is 11.1 Å². The number of nitrogens with one attached hydrogen (secondary N) is 1. The number of halogens is 2. The van der Waals surface area contributed by atoms with Gasteiger partial charge in [0.05, 0.1) is 0 Å². The van der Waals surface area contributed by atoms with E-state index in [2.05, 4.69) is 5.32 Å².